The molecule has 0 unspecified atom stereocenters. The van der Waals surface area contributed by atoms with Gasteiger partial charge in [0.15, 0.2) is 0 Å². The molecule has 0 bridgehead atoms. The largest absolute Gasteiger partial charge is 0.489 e. The van der Waals surface area contributed by atoms with Gasteiger partial charge in [-0.2, -0.15) is 5.26 Å². The van der Waals surface area contributed by atoms with Gasteiger partial charge in [-0.15, -0.1) is 0 Å². The van der Waals surface area contributed by atoms with Gasteiger partial charge in [-0.1, -0.05) is 0 Å². The molecule has 0 heterocycles. The van der Waals surface area contributed by atoms with E-state index in [1.807, 2.05) is 6.07 Å². The fourth-order valence-electron chi connectivity index (χ4n) is 1.77. The van der Waals surface area contributed by atoms with Gasteiger partial charge in [0.1, 0.15) is 18.2 Å². The Morgan fingerprint density at radius 1 is 1.24 bits per heavy atom. The van der Waals surface area contributed by atoms with E-state index < -0.39 is 11.8 Å². The normalized spacial score (nSPS) is 9.76. The van der Waals surface area contributed by atoms with E-state index in [9.17, 15) is 9.18 Å². The second kappa shape index (κ2) is 6.53. The number of rotatable bonds is 4. The van der Waals surface area contributed by atoms with Gasteiger partial charge in [0.2, 0.25) is 0 Å². The lowest BCUT2D eigenvalue weighted by atomic mass is 10.1. The van der Waals surface area contributed by atoms with E-state index in [1.165, 1.54) is 13.2 Å². The topological polar surface area (TPSA) is 59.3 Å². The molecule has 2 aromatic carbocycles. The number of hydrogen-bond acceptors (Lipinski definition) is 4. The quantitative estimate of drug-likeness (QED) is 0.810. The zero-order chi connectivity index (χ0) is 15.2. The number of halogens is 1. The van der Waals surface area contributed by atoms with E-state index in [1.54, 1.807) is 30.3 Å². The lowest BCUT2D eigenvalue weighted by Crippen LogP contribution is -2.01. The number of nitrogens with zero attached hydrogens (tertiary/aromatic N) is 1. The first-order chi connectivity index (χ1) is 10.1. The minimum Gasteiger partial charge on any atom is -0.489 e. The molecule has 0 amide bonds. The first kappa shape index (κ1) is 14.5. The maximum absolute atomic E-state index is 13.3. The summed E-state index contributed by atoms with van der Waals surface area (Å²) in [5.74, 6) is -0.371. The highest BCUT2D eigenvalue weighted by atomic mass is 19.1. The monoisotopic (exact) mass is 285 g/mol. The molecule has 4 nitrogen and oxygen atoms in total. The van der Waals surface area contributed by atoms with Crippen LogP contribution in [0.1, 0.15) is 21.5 Å². The fourth-order valence-corrected chi connectivity index (χ4v) is 1.77. The lowest BCUT2D eigenvalue weighted by molar-refractivity contribution is 0.0600. The third-order valence-corrected chi connectivity index (χ3v) is 2.77. The van der Waals surface area contributed by atoms with Gasteiger partial charge in [0.05, 0.1) is 24.3 Å². The van der Waals surface area contributed by atoms with Crippen LogP contribution in [-0.2, 0) is 11.3 Å². The number of carbonyl (C=O) groups excluding carboxylic acids is 1. The van der Waals surface area contributed by atoms with Gasteiger partial charge in [0.25, 0.3) is 0 Å². The molecule has 0 aliphatic rings. The second-order valence-electron chi connectivity index (χ2n) is 4.26. The Kier molecular flexibility index (Phi) is 4.52. The van der Waals surface area contributed by atoms with Crippen LogP contribution in [0.3, 0.4) is 0 Å². The molecule has 2 rings (SSSR count). The third-order valence-electron chi connectivity index (χ3n) is 2.77. The highest BCUT2D eigenvalue weighted by Gasteiger charge is 2.05. The van der Waals surface area contributed by atoms with Gasteiger partial charge < -0.3 is 9.47 Å². The van der Waals surface area contributed by atoms with Crippen molar-refractivity contribution in [2.75, 3.05) is 7.11 Å². The highest BCUT2D eigenvalue weighted by Crippen LogP contribution is 2.16. The summed E-state index contributed by atoms with van der Waals surface area (Å²) in [7, 11) is 1.31. The number of methoxy groups -OCH3 is 1. The van der Waals surface area contributed by atoms with Gasteiger partial charge in [-0.25, -0.2) is 9.18 Å². The van der Waals surface area contributed by atoms with Gasteiger partial charge in [-0.05, 0) is 48.0 Å². The van der Waals surface area contributed by atoms with E-state index in [2.05, 4.69) is 4.74 Å². The van der Waals surface area contributed by atoms with Crippen LogP contribution in [0, 0.1) is 17.1 Å². The summed E-state index contributed by atoms with van der Waals surface area (Å²) < 4.78 is 23.3. The number of benzene rings is 2. The number of hydrogen-bond donors (Lipinski definition) is 0. The molecule has 0 saturated carbocycles. The third kappa shape index (κ3) is 3.80. The molecule has 0 aliphatic carbocycles. The smallest absolute Gasteiger partial charge is 0.337 e. The number of nitriles is 1. The van der Waals surface area contributed by atoms with Gasteiger partial charge >= 0.3 is 5.97 Å². The zero-order valence-corrected chi connectivity index (χ0v) is 11.3. The first-order valence-electron chi connectivity index (χ1n) is 6.13. The van der Waals surface area contributed by atoms with Crippen molar-refractivity contribution in [2.24, 2.45) is 0 Å². The zero-order valence-electron chi connectivity index (χ0n) is 11.3. The van der Waals surface area contributed by atoms with Crippen molar-refractivity contribution in [1.82, 2.24) is 0 Å². The SMILES string of the molecule is COC(=O)c1ccc(OCc2cc(F)cc(C#N)c2)cc1. The standard InChI is InChI=1S/C16H12FNO3/c1-20-16(19)13-2-4-15(5-3-13)21-10-12-6-11(9-18)7-14(17)8-12/h2-8H,10H2,1H3. The Hall–Kier alpha value is -2.87. The van der Waals surface area contributed by atoms with Crippen LogP contribution in [-0.4, -0.2) is 13.1 Å². The summed E-state index contributed by atoms with van der Waals surface area (Å²) in [4.78, 5) is 11.3. The first-order valence-corrected chi connectivity index (χ1v) is 6.13. The summed E-state index contributed by atoms with van der Waals surface area (Å²) in [6.07, 6.45) is 0. The van der Waals surface area contributed by atoms with Crippen molar-refractivity contribution in [1.29, 1.82) is 5.26 Å². The molecular weight excluding hydrogens is 273 g/mol. The molecule has 0 saturated heterocycles. The molecule has 0 spiro atoms. The molecule has 21 heavy (non-hydrogen) atoms. The number of esters is 1. The summed E-state index contributed by atoms with van der Waals surface area (Å²) in [5, 5.41) is 8.78. The Balaban J connectivity index is 2.05. The van der Waals surface area contributed by atoms with Crippen molar-refractivity contribution in [3.63, 3.8) is 0 Å². The predicted molar refractivity (Wildman–Crippen MR) is 73.2 cm³/mol. The molecule has 5 heteroatoms. The van der Waals surface area contributed by atoms with E-state index >= 15 is 0 Å². The average molecular weight is 285 g/mol. The van der Waals surface area contributed by atoms with Crippen LogP contribution < -0.4 is 4.74 Å². The summed E-state index contributed by atoms with van der Waals surface area (Å²) in [6, 6.07) is 12.3. The summed E-state index contributed by atoms with van der Waals surface area (Å²) in [6.45, 7) is 0.129. The van der Waals surface area contributed by atoms with Crippen LogP contribution in [0.5, 0.6) is 5.75 Å². The molecular formula is C16H12FNO3. The van der Waals surface area contributed by atoms with E-state index in [0.717, 1.165) is 6.07 Å². The summed E-state index contributed by atoms with van der Waals surface area (Å²) in [5.41, 5.74) is 1.22. The molecule has 0 N–H and O–H groups in total. The van der Waals surface area contributed by atoms with Crippen molar-refractivity contribution < 1.29 is 18.7 Å². The Bertz CT molecular complexity index is 690. The van der Waals surface area contributed by atoms with E-state index in [4.69, 9.17) is 10.00 Å². The molecule has 0 atom stereocenters. The van der Waals surface area contributed by atoms with E-state index in [-0.39, 0.29) is 12.2 Å². The Morgan fingerprint density at radius 3 is 2.57 bits per heavy atom. The second-order valence-corrected chi connectivity index (χ2v) is 4.26. The average Bonchev–Trinajstić information content (AvgIpc) is 2.52. The van der Waals surface area contributed by atoms with Crippen LogP contribution in [0.2, 0.25) is 0 Å². The van der Waals surface area contributed by atoms with E-state index in [0.29, 0.717) is 16.9 Å². The van der Waals surface area contributed by atoms with Crippen LogP contribution in [0.15, 0.2) is 42.5 Å². The molecule has 0 aliphatic heterocycles. The Morgan fingerprint density at radius 2 is 1.95 bits per heavy atom. The lowest BCUT2D eigenvalue weighted by Gasteiger charge is -2.07. The van der Waals surface area contributed by atoms with Gasteiger partial charge in [0, 0.05) is 0 Å². The minimum atomic E-state index is -0.478. The highest BCUT2D eigenvalue weighted by molar-refractivity contribution is 5.89. The molecule has 0 fully saturated rings. The molecule has 0 radical (unpaired) electrons. The summed E-state index contributed by atoms with van der Waals surface area (Å²) >= 11 is 0. The molecule has 106 valence electrons. The van der Waals surface area contributed by atoms with Crippen molar-refractivity contribution in [3.05, 3.63) is 65.0 Å². The molecule has 0 aromatic heterocycles. The minimum absolute atomic E-state index is 0.129. The maximum atomic E-state index is 13.3. The van der Waals surface area contributed by atoms with Crippen molar-refractivity contribution in [3.8, 4) is 11.8 Å². The predicted octanol–water partition coefficient (Wildman–Crippen LogP) is 3.06. The number of ether oxygens (including phenoxy) is 2. The van der Waals surface area contributed by atoms with Crippen molar-refractivity contribution in [2.45, 2.75) is 6.61 Å². The maximum Gasteiger partial charge on any atom is 0.337 e. The fraction of sp³-hybridized carbons (Fsp3) is 0.125. The van der Waals surface area contributed by atoms with Crippen molar-refractivity contribution >= 4 is 5.97 Å². The van der Waals surface area contributed by atoms with Crippen LogP contribution in [0.25, 0.3) is 0 Å². The Labute approximate surface area is 121 Å². The number of carbonyl (C=O) groups is 1. The van der Waals surface area contributed by atoms with Gasteiger partial charge in [-0.3, -0.25) is 0 Å². The van der Waals surface area contributed by atoms with Crippen LogP contribution in [0.4, 0.5) is 4.39 Å². The van der Waals surface area contributed by atoms with Crippen LogP contribution >= 0.6 is 0 Å². The molecule has 2 aromatic rings.